The second-order valence-corrected chi connectivity index (χ2v) is 5.71. The number of nitrogens with one attached hydrogen (secondary N) is 1. The van der Waals surface area contributed by atoms with Crippen LogP contribution in [0.2, 0.25) is 0 Å². The van der Waals surface area contributed by atoms with Crippen LogP contribution in [0.25, 0.3) is 0 Å². The molecule has 1 fully saturated rings. The number of halogens is 1. The monoisotopic (exact) mass is 265 g/mol. The normalized spacial score (nSPS) is 25.1. The summed E-state index contributed by atoms with van der Waals surface area (Å²) < 4.78 is 19.9. The Morgan fingerprint density at radius 3 is 2.79 bits per heavy atom. The summed E-state index contributed by atoms with van der Waals surface area (Å²) in [4.78, 5) is 0. The molecule has 1 saturated carbocycles. The summed E-state index contributed by atoms with van der Waals surface area (Å²) in [7, 11) is 1.83. The van der Waals surface area contributed by atoms with Gasteiger partial charge in [-0.25, -0.2) is 4.39 Å². The largest absolute Gasteiger partial charge is 0.490 e. The lowest BCUT2D eigenvalue weighted by atomic mass is 9.89. The molecule has 0 bridgehead atoms. The van der Waals surface area contributed by atoms with Crippen LogP contribution in [0, 0.1) is 11.7 Å². The van der Waals surface area contributed by atoms with E-state index in [0.717, 1.165) is 12.8 Å². The van der Waals surface area contributed by atoms with Crippen molar-refractivity contribution in [3.8, 4) is 5.75 Å². The van der Waals surface area contributed by atoms with Crippen molar-refractivity contribution in [1.29, 1.82) is 0 Å². The van der Waals surface area contributed by atoms with E-state index >= 15 is 0 Å². The lowest BCUT2D eigenvalue weighted by Crippen LogP contribution is -2.24. The van der Waals surface area contributed by atoms with Gasteiger partial charge in [-0.2, -0.15) is 0 Å². The van der Waals surface area contributed by atoms with Gasteiger partial charge in [-0.1, -0.05) is 19.4 Å². The van der Waals surface area contributed by atoms with Gasteiger partial charge in [-0.15, -0.1) is 0 Å². The molecule has 0 heterocycles. The van der Waals surface area contributed by atoms with Crippen molar-refractivity contribution in [1.82, 2.24) is 5.32 Å². The first-order valence-electron chi connectivity index (χ1n) is 7.23. The van der Waals surface area contributed by atoms with E-state index in [9.17, 15) is 4.39 Å². The highest BCUT2D eigenvalue weighted by Gasteiger charge is 2.20. The zero-order chi connectivity index (χ0) is 13.8. The molecule has 1 aromatic rings. The van der Waals surface area contributed by atoms with Crippen LogP contribution in [0.4, 0.5) is 4.39 Å². The maximum absolute atomic E-state index is 14.0. The van der Waals surface area contributed by atoms with E-state index in [1.54, 1.807) is 0 Å². The van der Waals surface area contributed by atoms with Gasteiger partial charge in [0.1, 0.15) is 11.6 Å². The molecule has 2 nitrogen and oxygen atoms in total. The number of hydrogen-bond donors (Lipinski definition) is 1. The molecule has 1 aliphatic rings. The highest BCUT2D eigenvalue weighted by molar-refractivity contribution is 5.30. The molecule has 3 unspecified atom stereocenters. The van der Waals surface area contributed by atoms with Crippen LogP contribution in [0.1, 0.15) is 51.1 Å². The standard InChI is InChI=1S/C16H24FNO/c1-11-5-4-6-13(9-11)19-14-7-8-15(12(2)18-3)16(17)10-14/h7-8,10-13,18H,4-6,9H2,1-3H3. The van der Waals surface area contributed by atoms with Crippen molar-refractivity contribution in [3.05, 3.63) is 29.6 Å². The Labute approximate surface area is 115 Å². The fraction of sp³-hybridized carbons (Fsp3) is 0.625. The van der Waals surface area contributed by atoms with Crippen molar-refractivity contribution < 1.29 is 9.13 Å². The van der Waals surface area contributed by atoms with Crippen LogP contribution in [0.15, 0.2) is 18.2 Å². The van der Waals surface area contributed by atoms with Crippen molar-refractivity contribution in [3.63, 3.8) is 0 Å². The SMILES string of the molecule is CNC(C)c1ccc(OC2CCCC(C)C2)cc1F. The second kappa shape index (κ2) is 6.38. The maximum atomic E-state index is 14.0. The number of benzene rings is 1. The van der Waals surface area contributed by atoms with E-state index in [0.29, 0.717) is 17.2 Å². The third kappa shape index (κ3) is 3.69. The molecule has 1 aliphatic carbocycles. The molecule has 19 heavy (non-hydrogen) atoms. The Balaban J connectivity index is 2.03. The summed E-state index contributed by atoms with van der Waals surface area (Å²) >= 11 is 0. The molecule has 0 radical (unpaired) electrons. The molecule has 106 valence electrons. The predicted octanol–water partition coefficient (Wildman–Crippen LogP) is 4.06. The lowest BCUT2D eigenvalue weighted by Gasteiger charge is -2.27. The third-order valence-corrected chi connectivity index (χ3v) is 4.06. The summed E-state index contributed by atoms with van der Waals surface area (Å²) in [6, 6.07) is 5.23. The van der Waals surface area contributed by atoms with Gasteiger partial charge in [0.2, 0.25) is 0 Å². The van der Waals surface area contributed by atoms with Gasteiger partial charge >= 0.3 is 0 Å². The first kappa shape index (κ1) is 14.3. The number of hydrogen-bond acceptors (Lipinski definition) is 2. The third-order valence-electron chi connectivity index (χ3n) is 4.06. The summed E-state index contributed by atoms with van der Waals surface area (Å²) in [5.41, 5.74) is 0.687. The molecule has 0 spiro atoms. The lowest BCUT2D eigenvalue weighted by molar-refractivity contribution is 0.129. The zero-order valence-electron chi connectivity index (χ0n) is 12.1. The van der Waals surface area contributed by atoms with E-state index in [2.05, 4.69) is 12.2 Å². The van der Waals surface area contributed by atoms with Crippen molar-refractivity contribution in [2.75, 3.05) is 7.05 Å². The maximum Gasteiger partial charge on any atom is 0.131 e. The van der Waals surface area contributed by atoms with Gasteiger partial charge in [0.15, 0.2) is 0 Å². The summed E-state index contributed by atoms with van der Waals surface area (Å²) in [6.45, 7) is 4.20. The quantitative estimate of drug-likeness (QED) is 0.886. The molecule has 3 heteroatoms. The highest BCUT2D eigenvalue weighted by Crippen LogP contribution is 2.28. The Hall–Kier alpha value is -1.09. The van der Waals surface area contributed by atoms with Crippen LogP contribution in [0.5, 0.6) is 5.75 Å². The minimum Gasteiger partial charge on any atom is -0.490 e. The van der Waals surface area contributed by atoms with E-state index in [1.165, 1.54) is 18.9 Å². The van der Waals surface area contributed by atoms with Gasteiger partial charge < -0.3 is 10.1 Å². The molecule has 1 N–H and O–H groups in total. The van der Waals surface area contributed by atoms with Gasteiger partial charge in [-0.05, 0) is 45.2 Å². The Morgan fingerprint density at radius 1 is 1.37 bits per heavy atom. The van der Waals surface area contributed by atoms with Crippen LogP contribution in [-0.4, -0.2) is 13.2 Å². The van der Waals surface area contributed by atoms with Crippen molar-refractivity contribution >= 4 is 0 Å². The predicted molar refractivity (Wildman–Crippen MR) is 75.9 cm³/mol. The summed E-state index contributed by atoms with van der Waals surface area (Å²) in [5, 5.41) is 3.05. The van der Waals surface area contributed by atoms with Gasteiger partial charge in [0, 0.05) is 17.7 Å². The molecule has 0 amide bonds. The molecular formula is C16H24FNO. The summed E-state index contributed by atoms with van der Waals surface area (Å²) in [6.07, 6.45) is 4.91. The van der Waals surface area contributed by atoms with Crippen LogP contribution >= 0.6 is 0 Å². The number of ether oxygens (including phenoxy) is 1. The Kier molecular flexibility index (Phi) is 4.81. The first-order valence-corrected chi connectivity index (χ1v) is 7.23. The second-order valence-electron chi connectivity index (χ2n) is 5.71. The van der Waals surface area contributed by atoms with E-state index in [4.69, 9.17) is 4.74 Å². The highest BCUT2D eigenvalue weighted by atomic mass is 19.1. The smallest absolute Gasteiger partial charge is 0.131 e. The average Bonchev–Trinajstić information content (AvgIpc) is 2.38. The molecule has 0 aromatic heterocycles. The van der Waals surface area contributed by atoms with Crippen molar-refractivity contribution in [2.45, 2.75) is 51.7 Å². The molecular weight excluding hydrogens is 241 g/mol. The Bertz CT molecular complexity index is 421. The molecule has 0 aliphatic heterocycles. The summed E-state index contributed by atoms with van der Waals surface area (Å²) in [5.74, 6) is 1.18. The topological polar surface area (TPSA) is 21.3 Å². The van der Waals surface area contributed by atoms with Crippen LogP contribution < -0.4 is 10.1 Å². The van der Waals surface area contributed by atoms with Gasteiger partial charge in [-0.3, -0.25) is 0 Å². The fourth-order valence-electron chi connectivity index (χ4n) is 2.77. The van der Waals surface area contributed by atoms with Crippen LogP contribution in [-0.2, 0) is 0 Å². The first-order chi connectivity index (χ1) is 9.10. The minimum absolute atomic E-state index is 0.0174. The molecule has 0 saturated heterocycles. The average molecular weight is 265 g/mol. The van der Waals surface area contributed by atoms with Crippen molar-refractivity contribution in [2.24, 2.45) is 5.92 Å². The van der Waals surface area contributed by atoms with E-state index in [-0.39, 0.29) is 18.0 Å². The minimum atomic E-state index is -0.191. The zero-order valence-corrected chi connectivity index (χ0v) is 12.1. The van der Waals surface area contributed by atoms with E-state index < -0.39 is 0 Å². The molecule has 3 atom stereocenters. The Morgan fingerprint density at radius 2 is 2.16 bits per heavy atom. The molecule has 1 aromatic carbocycles. The van der Waals surface area contributed by atoms with E-state index in [1.807, 2.05) is 26.1 Å². The van der Waals surface area contributed by atoms with Gasteiger partial charge in [0.05, 0.1) is 6.10 Å². The number of rotatable bonds is 4. The van der Waals surface area contributed by atoms with Crippen LogP contribution in [0.3, 0.4) is 0 Å². The fourth-order valence-corrected chi connectivity index (χ4v) is 2.77. The molecule has 2 rings (SSSR count). The van der Waals surface area contributed by atoms with Gasteiger partial charge in [0.25, 0.3) is 0 Å².